The first kappa shape index (κ1) is 17.6. The molecule has 0 radical (unpaired) electrons. The summed E-state index contributed by atoms with van der Waals surface area (Å²) in [6, 6.07) is 14.0. The van der Waals surface area contributed by atoms with Crippen LogP contribution < -0.4 is 10.6 Å². The quantitative estimate of drug-likeness (QED) is 0.657. The van der Waals surface area contributed by atoms with Gasteiger partial charge in [0.1, 0.15) is 11.9 Å². The zero-order chi connectivity index (χ0) is 19.0. The monoisotopic (exact) mass is 398 g/mol. The predicted octanol–water partition coefficient (Wildman–Crippen LogP) is 3.56. The lowest BCUT2D eigenvalue weighted by molar-refractivity contribution is -0.121. The number of anilines is 1. The largest absolute Gasteiger partial charge is 0.358 e. The highest BCUT2D eigenvalue weighted by atomic mass is 35.5. The maximum absolute atomic E-state index is 12.7. The minimum atomic E-state index is -0.689. The molecule has 1 aliphatic heterocycles. The second kappa shape index (κ2) is 7.09. The summed E-state index contributed by atoms with van der Waals surface area (Å²) in [4.78, 5) is 29.3. The fraction of sp³-hybridized carbons (Fsp3) is 0.158. The van der Waals surface area contributed by atoms with Gasteiger partial charge >= 0.3 is 0 Å². The van der Waals surface area contributed by atoms with Gasteiger partial charge in [-0.3, -0.25) is 9.59 Å². The Morgan fingerprint density at radius 1 is 1.22 bits per heavy atom. The lowest BCUT2D eigenvalue weighted by Gasteiger charge is -2.10. The van der Waals surface area contributed by atoms with Crippen LogP contribution in [0.1, 0.15) is 16.8 Å². The fourth-order valence-corrected chi connectivity index (χ4v) is 3.58. The average Bonchev–Trinajstić information content (AvgIpc) is 2.98. The van der Waals surface area contributed by atoms with Gasteiger partial charge in [-0.1, -0.05) is 41.9 Å². The summed E-state index contributed by atoms with van der Waals surface area (Å²) in [5.41, 5.74) is 1.52. The van der Waals surface area contributed by atoms with Gasteiger partial charge in [-0.25, -0.2) is 9.55 Å². The van der Waals surface area contributed by atoms with E-state index >= 15 is 0 Å². The molecule has 0 bridgehead atoms. The van der Waals surface area contributed by atoms with E-state index in [2.05, 4.69) is 15.6 Å². The van der Waals surface area contributed by atoms with Crippen molar-refractivity contribution < 1.29 is 9.59 Å². The second-order valence-corrected chi connectivity index (χ2v) is 6.98. The summed E-state index contributed by atoms with van der Waals surface area (Å²) in [6.45, 7) is 0.302. The average molecular weight is 399 g/mol. The van der Waals surface area contributed by atoms with Crippen molar-refractivity contribution in [2.45, 2.75) is 19.0 Å². The van der Waals surface area contributed by atoms with Crippen molar-refractivity contribution in [3.8, 4) is 0 Å². The third-order valence-corrected chi connectivity index (χ3v) is 5.09. The number of aromatic nitrogens is 2. The number of carbonyl (C=O) groups is 2. The van der Waals surface area contributed by atoms with Gasteiger partial charge < -0.3 is 10.6 Å². The lowest BCUT2D eigenvalue weighted by Crippen LogP contribution is -2.33. The van der Waals surface area contributed by atoms with Crippen molar-refractivity contribution in [1.82, 2.24) is 14.9 Å². The normalized spacial score (nSPS) is 15.4. The molecule has 2 N–H and O–H groups in total. The Bertz CT molecular complexity index is 1130. The van der Waals surface area contributed by atoms with Gasteiger partial charge in [0, 0.05) is 17.0 Å². The standard InChI is InChI=1S/C19H15ClN4O2S/c20-13-7-3-1-5-11(13)10-21-16(25)9-15-18(26)24-17(22-15)12-6-2-4-8-14(12)23-19(24)27/h1-8,15,22H,9-10H2,(H,21,25)/t15-/m1/s1. The van der Waals surface area contributed by atoms with Gasteiger partial charge in [0.05, 0.1) is 11.9 Å². The third kappa shape index (κ3) is 3.31. The molecule has 1 amide bonds. The Kier molecular flexibility index (Phi) is 4.63. The molecule has 0 unspecified atom stereocenters. The van der Waals surface area contributed by atoms with Crippen molar-refractivity contribution in [2.24, 2.45) is 0 Å². The first-order valence-electron chi connectivity index (χ1n) is 8.37. The van der Waals surface area contributed by atoms with Crippen molar-refractivity contribution in [3.05, 3.63) is 63.9 Å². The molecular formula is C19H15ClN4O2S. The van der Waals surface area contributed by atoms with Crippen molar-refractivity contribution >= 4 is 52.4 Å². The number of carbonyl (C=O) groups excluding carboxylic acids is 2. The van der Waals surface area contributed by atoms with E-state index in [0.29, 0.717) is 22.9 Å². The molecule has 1 atom stereocenters. The number of halogens is 1. The molecule has 27 heavy (non-hydrogen) atoms. The smallest absolute Gasteiger partial charge is 0.257 e. The van der Waals surface area contributed by atoms with Crippen LogP contribution in [0.4, 0.5) is 5.82 Å². The molecule has 0 aliphatic carbocycles. The molecule has 6 nitrogen and oxygen atoms in total. The first-order chi connectivity index (χ1) is 13.0. The Balaban J connectivity index is 1.51. The first-order valence-corrected chi connectivity index (χ1v) is 9.16. The zero-order valence-corrected chi connectivity index (χ0v) is 15.7. The summed E-state index contributed by atoms with van der Waals surface area (Å²) in [5, 5.41) is 7.31. The maximum Gasteiger partial charge on any atom is 0.257 e. The maximum atomic E-state index is 12.7. The highest BCUT2D eigenvalue weighted by Crippen LogP contribution is 2.28. The molecule has 0 fully saturated rings. The molecular weight excluding hydrogens is 384 g/mol. The SMILES string of the molecule is O=C(C[C@H]1Nc2c3ccccc3nc(=S)n2C1=O)NCc1ccccc1Cl. The third-order valence-electron chi connectivity index (χ3n) is 4.44. The molecule has 1 aromatic heterocycles. The second-order valence-electron chi connectivity index (χ2n) is 6.20. The number of fused-ring (bicyclic) bond motifs is 3. The molecule has 2 heterocycles. The highest BCUT2D eigenvalue weighted by molar-refractivity contribution is 7.71. The van der Waals surface area contributed by atoms with Gasteiger partial charge in [0.2, 0.25) is 10.7 Å². The number of amides is 1. The van der Waals surface area contributed by atoms with Crippen LogP contribution in [0.15, 0.2) is 48.5 Å². The minimum Gasteiger partial charge on any atom is -0.358 e. The van der Waals surface area contributed by atoms with Gasteiger partial charge in [0.15, 0.2) is 0 Å². The summed E-state index contributed by atoms with van der Waals surface area (Å²) >= 11 is 11.4. The van der Waals surface area contributed by atoms with Gasteiger partial charge in [-0.15, -0.1) is 0 Å². The molecule has 0 saturated heterocycles. The summed E-state index contributed by atoms with van der Waals surface area (Å²) in [7, 11) is 0. The van der Waals surface area contributed by atoms with Crippen LogP contribution in [-0.2, 0) is 11.3 Å². The van der Waals surface area contributed by atoms with E-state index in [9.17, 15) is 9.59 Å². The molecule has 8 heteroatoms. The van der Waals surface area contributed by atoms with E-state index in [4.69, 9.17) is 23.8 Å². The molecule has 136 valence electrons. The van der Waals surface area contributed by atoms with E-state index in [1.54, 1.807) is 6.07 Å². The van der Waals surface area contributed by atoms with E-state index in [1.165, 1.54) is 4.57 Å². The molecule has 0 saturated carbocycles. The van der Waals surface area contributed by atoms with Crippen molar-refractivity contribution in [2.75, 3.05) is 5.32 Å². The number of nitrogens with zero attached hydrogens (tertiary/aromatic N) is 2. The number of rotatable bonds is 4. The number of para-hydroxylation sites is 1. The Morgan fingerprint density at radius 3 is 2.78 bits per heavy atom. The van der Waals surface area contributed by atoms with Gasteiger partial charge in [-0.05, 0) is 36.0 Å². The number of hydrogen-bond donors (Lipinski definition) is 2. The van der Waals surface area contributed by atoms with Crippen molar-refractivity contribution in [3.63, 3.8) is 0 Å². The molecule has 3 aromatic rings. The van der Waals surface area contributed by atoms with Crippen LogP contribution in [0.2, 0.25) is 5.02 Å². The van der Waals surface area contributed by atoms with Crippen LogP contribution in [0.25, 0.3) is 10.9 Å². The van der Waals surface area contributed by atoms with Crippen LogP contribution in [0.3, 0.4) is 0 Å². The summed E-state index contributed by atoms with van der Waals surface area (Å²) < 4.78 is 1.55. The van der Waals surface area contributed by atoms with Crippen LogP contribution in [-0.4, -0.2) is 27.4 Å². The van der Waals surface area contributed by atoms with Gasteiger partial charge in [0.25, 0.3) is 5.91 Å². The lowest BCUT2D eigenvalue weighted by atomic mass is 10.2. The Labute approximate surface area is 165 Å². The van der Waals surface area contributed by atoms with Gasteiger partial charge in [-0.2, -0.15) is 0 Å². The summed E-state index contributed by atoms with van der Waals surface area (Å²) in [6.07, 6.45) is -0.00589. The number of benzene rings is 2. The van der Waals surface area contributed by atoms with E-state index in [1.807, 2.05) is 42.5 Å². The van der Waals surface area contributed by atoms with E-state index in [-0.39, 0.29) is 23.0 Å². The molecule has 1 aliphatic rings. The highest BCUT2D eigenvalue weighted by Gasteiger charge is 2.33. The van der Waals surface area contributed by atoms with E-state index in [0.717, 1.165) is 10.9 Å². The van der Waals surface area contributed by atoms with E-state index < -0.39 is 6.04 Å². The van der Waals surface area contributed by atoms with Crippen LogP contribution in [0.5, 0.6) is 0 Å². The number of nitrogens with one attached hydrogen (secondary N) is 2. The molecule has 0 spiro atoms. The summed E-state index contributed by atoms with van der Waals surface area (Å²) in [5.74, 6) is 0.0537. The topological polar surface area (TPSA) is 76.0 Å². The van der Waals surface area contributed by atoms with Crippen molar-refractivity contribution in [1.29, 1.82) is 0 Å². The fourth-order valence-electron chi connectivity index (χ4n) is 3.10. The van der Waals surface area contributed by atoms with Crippen LogP contribution in [0, 0.1) is 4.77 Å². The molecule has 4 rings (SSSR count). The minimum absolute atomic E-state index is 0.00589. The molecule has 2 aromatic carbocycles. The zero-order valence-electron chi connectivity index (χ0n) is 14.1. The predicted molar refractivity (Wildman–Crippen MR) is 107 cm³/mol. The Hall–Kier alpha value is -2.77. The Morgan fingerprint density at radius 2 is 1.96 bits per heavy atom. The number of hydrogen-bond acceptors (Lipinski definition) is 5. The van der Waals surface area contributed by atoms with Crippen LogP contribution >= 0.6 is 23.8 Å².